The predicted octanol–water partition coefficient (Wildman–Crippen LogP) is 3.21. The van der Waals surface area contributed by atoms with Crippen LogP contribution in [0, 0.1) is 13.8 Å². The number of rotatable bonds is 10. The topological polar surface area (TPSA) is 102 Å². The van der Waals surface area contributed by atoms with Crippen LogP contribution in [-0.2, 0) is 37.2 Å². The van der Waals surface area contributed by atoms with Gasteiger partial charge in [0.15, 0.2) is 0 Å². The molecule has 4 N–H and O–H groups in total. The first kappa shape index (κ1) is 21.4. The second kappa shape index (κ2) is 7.98. The normalized spacial score (nSPS) is 28.9. The molecule has 4 aliphatic rings. The number of hydrogen-bond acceptors (Lipinski definition) is 6. The Bertz CT molecular complexity index is 1050. The first-order chi connectivity index (χ1) is 15.9. The molecular formula is C27H34N2O4. The summed E-state index contributed by atoms with van der Waals surface area (Å²) in [4.78, 5) is 0. The maximum atomic E-state index is 6.78. The Kier molecular flexibility index (Phi) is 5.18. The Hall–Kier alpha value is -2.12. The summed E-state index contributed by atoms with van der Waals surface area (Å²) in [5.41, 5.74) is 22.0. The third kappa shape index (κ3) is 4.37. The molecule has 4 aliphatic heterocycles. The maximum absolute atomic E-state index is 6.78. The Morgan fingerprint density at radius 1 is 0.818 bits per heavy atom. The molecule has 6 nitrogen and oxygen atoms in total. The molecule has 0 aromatic heterocycles. The first-order valence-corrected chi connectivity index (χ1v) is 12.2. The van der Waals surface area contributed by atoms with Crippen LogP contribution in [0.2, 0.25) is 0 Å². The molecule has 0 radical (unpaired) electrons. The van der Waals surface area contributed by atoms with Gasteiger partial charge in [-0.25, -0.2) is 0 Å². The molecule has 2 aromatic rings. The van der Waals surface area contributed by atoms with Gasteiger partial charge in [0, 0.05) is 29.6 Å². The zero-order valence-electron chi connectivity index (χ0n) is 19.6. The van der Waals surface area contributed by atoms with Crippen molar-refractivity contribution < 1.29 is 18.9 Å². The van der Waals surface area contributed by atoms with Gasteiger partial charge in [0.25, 0.3) is 0 Å². The number of hydrogen-bond donors (Lipinski definition) is 2. The molecule has 4 heterocycles. The highest BCUT2D eigenvalue weighted by molar-refractivity contribution is 5.64. The van der Waals surface area contributed by atoms with Crippen LogP contribution in [0.25, 0.3) is 0 Å². The van der Waals surface area contributed by atoms with E-state index in [1.807, 2.05) is 6.07 Å². The molecule has 0 amide bonds. The lowest BCUT2D eigenvalue weighted by Crippen LogP contribution is -2.34. The van der Waals surface area contributed by atoms with Crippen LogP contribution in [0.3, 0.4) is 0 Å². The van der Waals surface area contributed by atoms with E-state index in [0.717, 1.165) is 69.0 Å². The van der Waals surface area contributed by atoms with Crippen LogP contribution in [0.5, 0.6) is 0 Å². The van der Waals surface area contributed by atoms with Crippen molar-refractivity contribution in [3.05, 3.63) is 57.6 Å². The predicted molar refractivity (Wildman–Crippen MR) is 128 cm³/mol. The number of ether oxygens (including phenoxy) is 4. The lowest BCUT2D eigenvalue weighted by atomic mass is 9.65. The van der Waals surface area contributed by atoms with E-state index in [-0.39, 0.29) is 29.8 Å². The van der Waals surface area contributed by atoms with E-state index in [1.54, 1.807) is 0 Å². The van der Waals surface area contributed by atoms with Crippen molar-refractivity contribution in [3.63, 3.8) is 0 Å². The van der Waals surface area contributed by atoms with Gasteiger partial charge in [0.1, 0.15) is 0 Å². The Morgan fingerprint density at radius 3 is 1.94 bits per heavy atom. The average Bonchev–Trinajstić information content (AvgIpc) is 3.61. The van der Waals surface area contributed by atoms with Gasteiger partial charge in [-0.15, -0.1) is 0 Å². The Balaban J connectivity index is 1.54. The second-order valence-electron chi connectivity index (χ2n) is 10.4. The summed E-state index contributed by atoms with van der Waals surface area (Å²) in [7, 11) is 0. The van der Waals surface area contributed by atoms with Gasteiger partial charge in [0.2, 0.25) is 0 Å². The van der Waals surface area contributed by atoms with E-state index in [0.29, 0.717) is 0 Å². The van der Waals surface area contributed by atoms with Crippen molar-refractivity contribution in [2.45, 2.75) is 69.4 Å². The van der Waals surface area contributed by atoms with Crippen LogP contribution >= 0.6 is 0 Å². The van der Waals surface area contributed by atoms with Crippen LogP contribution in [-0.4, -0.2) is 50.8 Å². The summed E-state index contributed by atoms with van der Waals surface area (Å²) in [6.07, 6.45) is 4.67. The summed E-state index contributed by atoms with van der Waals surface area (Å²) in [6.45, 7) is 7.60. The Morgan fingerprint density at radius 2 is 1.39 bits per heavy atom. The zero-order chi connectivity index (χ0) is 22.7. The van der Waals surface area contributed by atoms with Gasteiger partial charge in [-0.1, -0.05) is 18.2 Å². The van der Waals surface area contributed by atoms with Crippen LogP contribution in [0.4, 0.5) is 11.4 Å². The molecule has 6 heteroatoms. The maximum Gasteiger partial charge on any atom is 0.0851 e. The molecule has 4 fully saturated rings. The third-order valence-electron chi connectivity index (χ3n) is 7.83. The van der Waals surface area contributed by atoms with Gasteiger partial charge in [0.05, 0.1) is 50.8 Å². The molecule has 6 rings (SSSR count). The van der Waals surface area contributed by atoms with E-state index >= 15 is 0 Å². The number of benzene rings is 2. The fraction of sp³-hybridized carbons (Fsp3) is 0.556. The van der Waals surface area contributed by atoms with Gasteiger partial charge in [-0.05, 0) is 66.1 Å². The molecule has 2 aromatic carbocycles. The highest BCUT2D eigenvalue weighted by atomic mass is 16.6. The van der Waals surface area contributed by atoms with Crippen molar-refractivity contribution in [2.24, 2.45) is 0 Å². The molecule has 4 saturated heterocycles. The summed E-state index contributed by atoms with van der Waals surface area (Å²) in [5.74, 6) is 0. The fourth-order valence-corrected chi connectivity index (χ4v) is 5.51. The molecular weight excluding hydrogens is 416 g/mol. The summed E-state index contributed by atoms with van der Waals surface area (Å²) >= 11 is 0. The number of nitrogens with two attached hydrogens (primary N) is 2. The monoisotopic (exact) mass is 450 g/mol. The van der Waals surface area contributed by atoms with Crippen LogP contribution in [0.1, 0.15) is 46.2 Å². The van der Waals surface area contributed by atoms with Gasteiger partial charge >= 0.3 is 0 Å². The second-order valence-corrected chi connectivity index (χ2v) is 10.4. The number of nitrogen functional groups attached to an aromatic ring is 2. The minimum atomic E-state index is -0.225. The SMILES string of the molecule is Cc1cc(C(CC2CO2)(CC2CO2)c2cc(CC3CO3)c(N)c(CC3CO3)c2C)ccc1N. The largest absolute Gasteiger partial charge is 0.399 e. The molecule has 0 saturated carbocycles. The fourth-order valence-electron chi connectivity index (χ4n) is 5.51. The van der Waals surface area contributed by atoms with E-state index in [2.05, 4.69) is 32.0 Å². The van der Waals surface area contributed by atoms with Crippen molar-refractivity contribution in [1.82, 2.24) is 0 Å². The molecule has 33 heavy (non-hydrogen) atoms. The first-order valence-electron chi connectivity index (χ1n) is 12.2. The van der Waals surface area contributed by atoms with E-state index in [9.17, 15) is 0 Å². The quantitative estimate of drug-likeness (QED) is 0.426. The number of aryl methyl sites for hydroxylation is 1. The Labute approximate surface area is 195 Å². The van der Waals surface area contributed by atoms with Gasteiger partial charge in [-0.2, -0.15) is 0 Å². The molecule has 0 bridgehead atoms. The lowest BCUT2D eigenvalue weighted by Gasteiger charge is -2.38. The summed E-state index contributed by atoms with van der Waals surface area (Å²) in [6, 6.07) is 8.88. The number of anilines is 2. The third-order valence-corrected chi connectivity index (χ3v) is 7.83. The molecule has 4 unspecified atom stereocenters. The minimum Gasteiger partial charge on any atom is -0.399 e. The highest BCUT2D eigenvalue weighted by Gasteiger charge is 2.46. The van der Waals surface area contributed by atoms with Crippen molar-refractivity contribution in [3.8, 4) is 0 Å². The standard InChI is InChI=1S/C27H34N2O4/c1-15-5-18(3-4-25(15)28)27(9-21-13-32-21,10-22-14-33-22)24-7-17(6-19-11-30-19)26(29)23(16(24)2)8-20-12-31-20/h3-5,7,19-22H,6,8-14,28-29H2,1-2H3. The van der Waals surface area contributed by atoms with Crippen LogP contribution in [0.15, 0.2) is 24.3 Å². The summed E-state index contributed by atoms with van der Waals surface area (Å²) < 4.78 is 22.8. The average molecular weight is 451 g/mol. The van der Waals surface area contributed by atoms with E-state index in [1.165, 1.54) is 27.8 Å². The van der Waals surface area contributed by atoms with Crippen molar-refractivity contribution in [1.29, 1.82) is 0 Å². The molecule has 0 spiro atoms. The molecule has 0 aliphatic carbocycles. The van der Waals surface area contributed by atoms with Gasteiger partial charge in [-0.3, -0.25) is 0 Å². The molecule has 4 atom stereocenters. The van der Waals surface area contributed by atoms with Crippen LogP contribution < -0.4 is 11.5 Å². The van der Waals surface area contributed by atoms with Crippen molar-refractivity contribution in [2.75, 3.05) is 37.9 Å². The van der Waals surface area contributed by atoms with Gasteiger partial charge < -0.3 is 30.4 Å². The zero-order valence-corrected chi connectivity index (χ0v) is 19.6. The lowest BCUT2D eigenvalue weighted by molar-refractivity contribution is 0.299. The molecule has 176 valence electrons. The van der Waals surface area contributed by atoms with E-state index in [4.69, 9.17) is 30.4 Å². The minimum absolute atomic E-state index is 0.225. The van der Waals surface area contributed by atoms with Crippen molar-refractivity contribution >= 4 is 11.4 Å². The highest BCUT2D eigenvalue weighted by Crippen LogP contribution is 2.49. The van der Waals surface area contributed by atoms with E-state index < -0.39 is 0 Å². The smallest absolute Gasteiger partial charge is 0.0851 e. The summed E-state index contributed by atoms with van der Waals surface area (Å²) in [5, 5.41) is 0. The number of epoxide rings is 4.